The molecule has 0 bridgehead atoms. The van der Waals surface area contributed by atoms with Gasteiger partial charge in [-0.1, -0.05) is 42.5 Å². The van der Waals surface area contributed by atoms with E-state index < -0.39 is 0 Å². The Bertz CT molecular complexity index is 1530. The van der Waals surface area contributed by atoms with Gasteiger partial charge in [-0.2, -0.15) is 0 Å². The van der Waals surface area contributed by atoms with E-state index in [0.29, 0.717) is 5.78 Å². The van der Waals surface area contributed by atoms with Crippen molar-refractivity contribution in [2.24, 2.45) is 0 Å². The van der Waals surface area contributed by atoms with Crippen LogP contribution in [0.2, 0.25) is 0 Å². The third-order valence-electron chi connectivity index (χ3n) is 6.25. The van der Waals surface area contributed by atoms with E-state index in [-0.39, 0.29) is 5.56 Å². The number of thiophene rings is 1. The first-order valence-electron chi connectivity index (χ1n) is 10.8. The van der Waals surface area contributed by atoms with Crippen molar-refractivity contribution in [1.82, 2.24) is 24.1 Å². The second kappa shape index (κ2) is 7.39. The molecule has 0 amide bonds. The van der Waals surface area contributed by atoms with Crippen molar-refractivity contribution in [3.05, 3.63) is 92.3 Å². The maximum absolute atomic E-state index is 13.8. The van der Waals surface area contributed by atoms with Crippen LogP contribution in [-0.2, 0) is 19.5 Å². The van der Waals surface area contributed by atoms with Crippen molar-refractivity contribution in [2.45, 2.75) is 33.4 Å². The summed E-state index contributed by atoms with van der Waals surface area (Å²) in [5, 5.41) is 9.53. The highest BCUT2D eigenvalue weighted by Gasteiger charge is 2.27. The van der Waals surface area contributed by atoms with Crippen molar-refractivity contribution in [3.63, 3.8) is 0 Å². The zero-order chi connectivity index (χ0) is 21.8. The van der Waals surface area contributed by atoms with E-state index >= 15 is 0 Å². The predicted molar refractivity (Wildman–Crippen MR) is 128 cm³/mol. The van der Waals surface area contributed by atoms with Gasteiger partial charge in [0.25, 0.3) is 5.56 Å². The highest BCUT2D eigenvalue weighted by Crippen LogP contribution is 2.35. The summed E-state index contributed by atoms with van der Waals surface area (Å²) in [5.74, 6) is 1.37. The number of benzene rings is 2. The molecule has 4 heterocycles. The second-order valence-corrected chi connectivity index (χ2v) is 9.58. The van der Waals surface area contributed by atoms with E-state index in [1.165, 1.54) is 16.0 Å². The maximum atomic E-state index is 13.8. The van der Waals surface area contributed by atoms with E-state index in [9.17, 15) is 4.79 Å². The molecule has 6 nitrogen and oxygen atoms in total. The van der Waals surface area contributed by atoms with Gasteiger partial charge in [-0.05, 0) is 49.1 Å². The molecule has 32 heavy (non-hydrogen) atoms. The monoisotopic (exact) mass is 441 g/mol. The lowest BCUT2D eigenvalue weighted by Gasteiger charge is -2.26. The molecule has 0 N–H and O–H groups in total. The van der Waals surface area contributed by atoms with Gasteiger partial charge in [0.05, 0.1) is 11.1 Å². The van der Waals surface area contributed by atoms with Crippen LogP contribution in [0, 0.1) is 13.8 Å². The number of hydrogen-bond acceptors (Lipinski definition) is 5. The quantitative estimate of drug-likeness (QED) is 0.420. The zero-order valence-corrected chi connectivity index (χ0v) is 18.9. The van der Waals surface area contributed by atoms with E-state index in [1.807, 2.05) is 42.5 Å². The minimum atomic E-state index is -0.000454. The summed E-state index contributed by atoms with van der Waals surface area (Å²) in [6, 6.07) is 18.6. The predicted octanol–water partition coefficient (Wildman–Crippen LogP) is 4.27. The molecule has 2 aromatic carbocycles. The van der Waals surface area contributed by atoms with Gasteiger partial charge in [0.1, 0.15) is 10.7 Å². The maximum Gasteiger partial charge on any atom is 0.268 e. The molecule has 6 rings (SSSR count). The largest absolute Gasteiger partial charge is 0.294 e. The lowest BCUT2D eigenvalue weighted by molar-refractivity contribution is 0.249. The van der Waals surface area contributed by atoms with Gasteiger partial charge in [-0.3, -0.25) is 14.1 Å². The van der Waals surface area contributed by atoms with Crippen molar-refractivity contribution >= 4 is 27.3 Å². The third-order valence-corrected chi connectivity index (χ3v) is 7.46. The number of fused-ring (bicyclic) bond motifs is 5. The molecule has 0 aliphatic carbocycles. The number of rotatable bonds is 3. The summed E-state index contributed by atoms with van der Waals surface area (Å²) in [7, 11) is 0. The standard InChI is InChI=1S/C25H23N5OS/c1-16-7-6-10-19(13-16)30-23(31)22-20-11-12-28(14-18-8-4-3-5-9-18)15-21(20)32-24(22)29-17(2)26-27-25(29)30/h3-10,13H,11-12,14-15H2,1-2H3. The highest BCUT2D eigenvalue weighted by molar-refractivity contribution is 7.18. The summed E-state index contributed by atoms with van der Waals surface area (Å²) in [4.78, 5) is 18.5. The minimum Gasteiger partial charge on any atom is -0.294 e. The fraction of sp³-hybridized carbons (Fsp3) is 0.240. The molecule has 3 aromatic heterocycles. The zero-order valence-electron chi connectivity index (χ0n) is 18.1. The van der Waals surface area contributed by atoms with Crippen molar-refractivity contribution in [2.75, 3.05) is 6.54 Å². The first-order chi connectivity index (χ1) is 15.6. The van der Waals surface area contributed by atoms with E-state index in [2.05, 4.69) is 45.4 Å². The Hall–Kier alpha value is -3.29. The molecule has 1 aliphatic rings. The fourth-order valence-electron chi connectivity index (χ4n) is 4.73. The van der Waals surface area contributed by atoms with Crippen LogP contribution in [0.15, 0.2) is 59.4 Å². The molecule has 0 spiro atoms. The van der Waals surface area contributed by atoms with Crippen LogP contribution in [0.25, 0.3) is 21.7 Å². The van der Waals surface area contributed by atoms with Crippen molar-refractivity contribution in [1.29, 1.82) is 0 Å². The molecular weight excluding hydrogens is 418 g/mol. The van der Waals surface area contributed by atoms with E-state index in [0.717, 1.165) is 53.3 Å². The smallest absolute Gasteiger partial charge is 0.268 e. The topological polar surface area (TPSA) is 55.4 Å². The molecule has 7 heteroatoms. The van der Waals surface area contributed by atoms with Crippen LogP contribution in [0.1, 0.15) is 27.4 Å². The van der Waals surface area contributed by atoms with Gasteiger partial charge in [0.15, 0.2) is 0 Å². The van der Waals surface area contributed by atoms with Gasteiger partial charge in [0, 0.05) is 24.5 Å². The van der Waals surface area contributed by atoms with Crippen LogP contribution in [-0.4, -0.2) is 30.6 Å². The highest BCUT2D eigenvalue weighted by atomic mass is 32.1. The molecule has 160 valence electrons. The van der Waals surface area contributed by atoms with Gasteiger partial charge >= 0.3 is 0 Å². The third kappa shape index (κ3) is 3.00. The molecule has 0 fully saturated rings. The summed E-state index contributed by atoms with van der Waals surface area (Å²) in [6.45, 7) is 6.70. The molecule has 0 radical (unpaired) electrons. The summed E-state index contributed by atoms with van der Waals surface area (Å²) < 4.78 is 3.77. The number of aryl methyl sites for hydroxylation is 2. The van der Waals surface area contributed by atoms with Crippen LogP contribution in [0.5, 0.6) is 0 Å². The van der Waals surface area contributed by atoms with Gasteiger partial charge in [0.2, 0.25) is 5.78 Å². The van der Waals surface area contributed by atoms with Gasteiger partial charge < -0.3 is 0 Å². The Balaban J connectivity index is 1.53. The molecule has 0 saturated carbocycles. The average Bonchev–Trinajstić information content (AvgIpc) is 3.35. The Labute approximate surface area is 189 Å². The SMILES string of the molecule is Cc1cccc(-n2c(=O)c3c4c(sc3n3c(C)nnc23)CN(Cc2ccccc2)CC4)c1. The lowest BCUT2D eigenvalue weighted by atomic mass is 10.0. The Kier molecular flexibility index (Phi) is 4.48. The first-order valence-corrected chi connectivity index (χ1v) is 11.7. The normalized spacial score (nSPS) is 14.3. The second-order valence-electron chi connectivity index (χ2n) is 8.49. The van der Waals surface area contributed by atoms with Crippen molar-refractivity contribution in [3.8, 4) is 5.69 Å². The van der Waals surface area contributed by atoms with Crippen LogP contribution in [0.3, 0.4) is 0 Å². The van der Waals surface area contributed by atoms with Crippen LogP contribution in [0.4, 0.5) is 0 Å². The summed E-state index contributed by atoms with van der Waals surface area (Å²) in [5.41, 5.74) is 4.44. The average molecular weight is 442 g/mol. The molecule has 0 unspecified atom stereocenters. The van der Waals surface area contributed by atoms with E-state index in [1.54, 1.807) is 15.9 Å². The molecular formula is C25H23N5OS. The fourth-order valence-corrected chi connectivity index (χ4v) is 6.16. The Morgan fingerprint density at radius 3 is 2.69 bits per heavy atom. The van der Waals surface area contributed by atoms with Gasteiger partial charge in [-0.25, -0.2) is 4.57 Å². The number of nitrogens with zero attached hydrogens (tertiary/aromatic N) is 5. The number of hydrogen-bond donors (Lipinski definition) is 0. The summed E-state index contributed by atoms with van der Waals surface area (Å²) in [6.07, 6.45) is 0.873. The molecule has 0 saturated heterocycles. The van der Waals surface area contributed by atoms with Crippen LogP contribution >= 0.6 is 11.3 Å². The van der Waals surface area contributed by atoms with Crippen molar-refractivity contribution < 1.29 is 0 Å². The first kappa shape index (κ1) is 19.4. The van der Waals surface area contributed by atoms with Gasteiger partial charge in [-0.15, -0.1) is 21.5 Å². The summed E-state index contributed by atoms with van der Waals surface area (Å²) >= 11 is 1.71. The molecule has 0 atom stereocenters. The molecule has 1 aliphatic heterocycles. The Morgan fingerprint density at radius 1 is 1.03 bits per heavy atom. The number of aromatic nitrogens is 4. The Morgan fingerprint density at radius 2 is 1.88 bits per heavy atom. The van der Waals surface area contributed by atoms with E-state index in [4.69, 9.17) is 0 Å². The molecule has 5 aromatic rings. The van der Waals surface area contributed by atoms with Crippen LogP contribution < -0.4 is 5.56 Å². The minimum absolute atomic E-state index is 0.000454. The lowest BCUT2D eigenvalue weighted by Crippen LogP contribution is -2.30.